The Balaban J connectivity index is 2.25. The molecular weight excluding hydrogens is 324 g/mol. The summed E-state index contributed by atoms with van der Waals surface area (Å²) in [5, 5.41) is 21.9. The Bertz CT molecular complexity index is 719. The Labute approximate surface area is 147 Å². The molecule has 1 heterocycles. The maximum Gasteiger partial charge on any atom is 0.309 e. The molecule has 5 atom stereocenters. The van der Waals surface area contributed by atoms with Crippen molar-refractivity contribution in [2.75, 3.05) is 0 Å². The van der Waals surface area contributed by atoms with E-state index >= 15 is 0 Å². The van der Waals surface area contributed by atoms with E-state index in [1.807, 2.05) is 6.92 Å². The second kappa shape index (κ2) is 5.68. The molecule has 0 spiro atoms. The van der Waals surface area contributed by atoms with Crippen molar-refractivity contribution < 1.29 is 29.0 Å². The summed E-state index contributed by atoms with van der Waals surface area (Å²) in [5.74, 6) is -1.56. The molecule has 1 aromatic rings. The number of fused-ring (bicyclic) bond motifs is 2. The number of esters is 1. The zero-order valence-corrected chi connectivity index (χ0v) is 15.3. The molecule has 1 fully saturated rings. The summed E-state index contributed by atoms with van der Waals surface area (Å²) in [5.41, 5.74) is -2.00. The normalized spacial score (nSPS) is 37.6. The van der Waals surface area contributed by atoms with Crippen molar-refractivity contribution in [2.45, 2.75) is 65.3 Å². The molecule has 6 heteroatoms. The van der Waals surface area contributed by atoms with Gasteiger partial charge < -0.3 is 19.4 Å². The van der Waals surface area contributed by atoms with E-state index < -0.39 is 35.0 Å². The predicted octanol–water partition coefficient (Wildman–Crippen LogP) is 2.55. The highest BCUT2D eigenvalue weighted by atomic mass is 16.5. The van der Waals surface area contributed by atoms with Gasteiger partial charge in [0.05, 0.1) is 23.7 Å². The topological polar surface area (TPSA) is 97.0 Å². The number of ketones is 1. The van der Waals surface area contributed by atoms with Gasteiger partial charge in [0.25, 0.3) is 0 Å². The van der Waals surface area contributed by atoms with E-state index in [0.29, 0.717) is 24.0 Å². The first-order chi connectivity index (χ1) is 11.6. The average Bonchev–Trinajstić information content (AvgIpc) is 2.93. The smallest absolute Gasteiger partial charge is 0.309 e. The van der Waals surface area contributed by atoms with Gasteiger partial charge >= 0.3 is 5.97 Å². The van der Waals surface area contributed by atoms with Crippen LogP contribution in [0.1, 0.15) is 68.3 Å². The summed E-state index contributed by atoms with van der Waals surface area (Å²) in [6, 6.07) is 0. The Kier molecular flexibility index (Phi) is 4.12. The van der Waals surface area contributed by atoms with Gasteiger partial charge in [-0.3, -0.25) is 9.59 Å². The molecule has 0 aliphatic heterocycles. The van der Waals surface area contributed by atoms with Gasteiger partial charge in [-0.05, 0) is 31.2 Å². The van der Waals surface area contributed by atoms with Gasteiger partial charge in [0.2, 0.25) is 5.78 Å². The van der Waals surface area contributed by atoms with E-state index in [2.05, 4.69) is 0 Å². The molecule has 0 aromatic carbocycles. The van der Waals surface area contributed by atoms with Gasteiger partial charge in [0.1, 0.15) is 6.10 Å². The lowest BCUT2D eigenvalue weighted by atomic mass is 9.50. The van der Waals surface area contributed by atoms with Crippen LogP contribution in [0.3, 0.4) is 0 Å². The maximum atomic E-state index is 13.1. The Morgan fingerprint density at radius 2 is 2.04 bits per heavy atom. The highest BCUT2D eigenvalue weighted by Crippen LogP contribution is 2.61. The van der Waals surface area contributed by atoms with E-state index in [9.17, 15) is 19.8 Å². The van der Waals surface area contributed by atoms with Gasteiger partial charge in [0, 0.05) is 5.56 Å². The van der Waals surface area contributed by atoms with Gasteiger partial charge in [-0.2, -0.15) is 0 Å². The summed E-state index contributed by atoms with van der Waals surface area (Å²) >= 11 is 0. The number of Topliss-reactive ketones (excluding diaryl/α,β-unsaturated/α-hetero) is 1. The van der Waals surface area contributed by atoms with Crippen LogP contribution in [0.25, 0.3) is 0 Å². The number of hydrogen-bond donors (Lipinski definition) is 2. The third-order valence-electron chi connectivity index (χ3n) is 6.29. The van der Waals surface area contributed by atoms with E-state index in [-0.39, 0.29) is 17.6 Å². The van der Waals surface area contributed by atoms with Crippen molar-refractivity contribution in [1.29, 1.82) is 0 Å². The summed E-state index contributed by atoms with van der Waals surface area (Å²) in [7, 11) is 0. The minimum absolute atomic E-state index is 0.0211. The van der Waals surface area contributed by atoms with Gasteiger partial charge in [-0.15, -0.1) is 0 Å². The molecule has 6 nitrogen and oxygen atoms in total. The first-order valence-corrected chi connectivity index (χ1v) is 8.80. The van der Waals surface area contributed by atoms with Crippen LogP contribution in [-0.4, -0.2) is 33.7 Å². The first-order valence-electron chi connectivity index (χ1n) is 8.80. The zero-order valence-electron chi connectivity index (χ0n) is 15.3. The van der Waals surface area contributed by atoms with Gasteiger partial charge in [0.15, 0.2) is 11.4 Å². The van der Waals surface area contributed by atoms with E-state index in [1.165, 1.54) is 6.26 Å². The molecule has 2 aliphatic carbocycles. The van der Waals surface area contributed by atoms with Crippen LogP contribution in [0.5, 0.6) is 0 Å². The van der Waals surface area contributed by atoms with Crippen molar-refractivity contribution in [1.82, 2.24) is 0 Å². The van der Waals surface area contributed by atoms with Crippen molar-refractivity contribution >= 4 is 11.8 Å². The lowest BCUT2D eigenvalue weighted by molar-refractivity contribution is -0.223. The van der Waals surface area contributed by atoms with Crippen molar-refractivity contribution in [3.63, 3.8) is 0 Å². The van der Waals surface area contributed by atoms with Crippen LogP contribution in [0.15, 0.2) is 10.7 Å². The molecule has 0 bridgehead atoms. The van der Waals surface area contributed by atoms with Gasteiger partial charge in [-0.25, -0.2) is 0 Å². The minimum atomic E-state index is -2.05. The molecule has 0 amide bonds. The highest BCUT2D eigenvalue weighted by molar-refractivity contribution is 6.04. The summed E-state index contributed by atoms with van der Waals surface area (Å²) in [4.78, 5) is 25.4. The lowest BCUT2D eigenvalue weighted by Crippen LogP contribution is -2.69. The molecule has 1 aromatic heterocycles. The zero-order chi connectivity index (χ0) is 18.7. The van der Waals surface area contributed by atoms with Crippen LogP contribution >= 0.6 is 0 Å². The van der Waals surface area contributed by atoms with E-state index in [1.54, 1.807) is 27.7 Å². The Morgan fingerprint density at radius 1 is 1.40 bits per heavy atom. The molecule has 0 radical (unpaired) electrons. The second-order valence-corrected chi connectivity index (χ2v) is 8.01. The summed E-state index contributed by atoms with van der Waals surface area (Å²) in [6.07, 6.45) is 0.261. The molecule has 0 unspecified atom stereocenters. The number of aliphatic hydroxyl groups excluding tert-OH is 1. The van der Waals surface area contributed by atoms with Crippen LogP contribution in [0.4, 0.5) is 0 Å². The number of rotatable bonds is 2. The predicted molar refractivity (Wildman–Crippen MR) is 88.9 cm³/mol. The molecular formula is C19H26O6. The van der Waals surface area contributed by atoms with Crippen molar-refractivity contribution in [3.05, 3.63) is 23.2 Å². The molecule has 3 rings (SSSR count). The minimum Gasteiger partial charge on any atom is -0.460 e. The number of aliphatic hydroxyl groups is 2. The fourth-order valence-corrected chi connectivity index (χ4v) is 4.37. The monoisotopic (exact) mass is 350 g/mol. The van der Waals surface area contributed by atoms with Crippen LogP contribution < -0.4 is 0 Å². The molecule has 0 saturated heterocycles. The maximum absolute atomic E-state index is 13.1. The lowest BCUT2D eigenvalue weighted by Gasteiger charge is -2.57. The van der Waals surface area contributed by atoms with Crippen LogP contribution in [0, 0.1) is 24.2 Å². The van der Waals surface area contributed by atoms with Gasteiger partial charge in [-0.1, -0.05) is 27.7 Å². The van der Waals surface area contributed by atoms with E-state index in [4.69, 9.17) is 9.15 Å². The van der Waals surface area contributed by atoms with Crippen molar-refractivity contribution in [3.8, 4) is 0 Å². The number of furan rings is 1. The molecule has 138 valence electrons. The second-order valence-electron chi connectivity index (χ2n) is 8.01. The highest BCUT2D eigenvalue weighted by Gasteiger charge is 2.70. The number of carbonyl (C=O) groups excluding carboxylic acids is 2. The largest absolute Gasteiger partial charge is 0.460 e. The van der Waals surface area contributed by atoms with Crippen LogP contribution in [0.2, 0.25) is 0 Å². The fourth-order valence-electron chi connectivity index (χ4n) is 4.37. The average molecular weight is 350 g/mol. The summed E-state index contributed by atoms with van der Waals surface area (Å²) in [6.45, 7) is 8.89. The number of ether oxygens (including phenoxy) is 1. The Hall–Kier alpha value is -1.66. The quantitative estimate of drug-likeness (QED) is 0.796. The summed E-state index contributed by atoms with van der Waals surface area (Å²) < 4.78 is 11.2. The van der Waals surface area contributed by atoms with Crippen molar-refractivity contribution in [2.24, 2.45) is 17.3 Å². The molecule has 2 aliphatic rings. The first kappa shape index (κ1) is 18.1. The molecule has 25 heavy (non-hydrogen) atoms. The SMILES string of the molecule is Cc1coc2c1[C@@H](OC(=O)C(C)C)[C@]1(C)[C@@H](C)CC[C@H](O)[C@]1(O)C2=O. The number of carbonyl (C=O) groups is 2. The van der Waals surface area contributed by atoms with E-state index in [0.717, 1.165) is 0 Å². The molecule has 1 saturated carbocycles. The standard InChI is InChI=1S/C19H26O6/c1-9(2)17(22)25-16-13-10(3)8-24-14(13)15(21)19(23)12(20)7-6-11(4)18(16,19)5/h8-9,11-12,16,20,23H,6-7H2,1-5H3/t11-,12-,16+,18-,19-/m0/s1. The molecule has 2 N–H and O–H groups in total. The Morgan fingerprint density at radius 3 is 2.64 bits per heavy atom. The van der Waals surface area contributed by atoms with Crippen LogP contribution in [-0.2, 0) is 9.53 Å². The third-order valence-corrected chi connectivity index (χ3v) is 6.29. The number of aryl methyl sites for hydroxylation is 1. The fraction of sp³-hybridized carbons (Fsp3) is 0.684. The number of hydrogen-bond acceptors (Lipinski definition) is 6. The third kappa shape index (κ3) is 2.16.